The number of aryl methyl sites for hydroxylation is 4. The van der Waals surface area contributed by atoms with Crippen LogP contribution < -0.4 is 32.6 Å². The van der Waals surface area contributed by atoms with Gasteiger partial charge in [-0.15, -0.1) is 0 Å². The van der Waals surface area contributed by atoms with Crippen molar-refractivity contribution in [2.45, 2.75) is 38.8 Å². The van der Waals surface area contributed by atoms with Crippen LogP contribution in [0.15, 0.2) is 255 Å². The van der Waals surface area contributed by atoms with Crippen molar-refractivity contribution >= 4 is 90.8 Å². The van der Waals surface area contributed by atoms with E-state index in [-0.39, 0.29) is 0 Å². The predicted octanol–water partition coefficient (Wildman–Crippen LogP) is 13.0. The number of anilines is 2. The first-order valence-electron chi connectivity index (χ1n) is 29.4. The first-order chi connectivity index (χ1) is 45.0. The van der Waals surface area contributed by atoms with Gasteiger partial charge in [-0.3, -0.25) is 59.9 Å². The number of para-hydroxylation sites is 2. The summed E-state index contributed by atoms with van der Waals surface area (Å²) in [6.07, 6.45) is 16.9. The van der Waals surface area contributed by atoms with E-state index in [4.69, 9.17) is 20.8 Å². The molecule has 4 heterocycles. The molecule has 4 amide bonds. The van der Waals surface area contributed by atoms with Crippen LogP contribution in [0.1, 0.15) is 65.2 Å². The lowest BCUT2D eigenvalue weighted by atomic mass is 10.0. The number of nitrogens with one attached hydrogen (secondary N) is 6. The van der Waals surface area contributed by atoms with Crippen molar-refractivity contribution in [2.24, 2.45) is 0 Å². The summed E-state index contributed by atoms with van der Waals surface area (Å²) in [6, 6.07) is 70.5. The van der Waals surface area contributed by atoms with Crippen LogP contribution in [0.2, 0.25) is 0 Å². The van der Waals surface area contributed by atoms with Gasteiger partial charge in [0.05, 0.1) is 22.1 Å². The maximum Gasteiger partial charge on any atom is 0.274 e. The van der Waals surface area contributed by atoms with Crippen LogP contribution in [0.25, 0.3) is 55.8 Å². The highest BCUT2D eigenvalue weighted by atomic mass is 16.5. The summed E-state index contributed by atoms with van der Waals surface area (Å²) < 4.78 is 0. The third kappa shape index (κ3) is 19.1. The second-order valence-electron chi connectivity index (χ2n) is 20.9. The summed E-state index contributed by atoms with van der Waals surface area (Å²) in [5.74, 6) is -2.10. The fourth-order valence-electron chi connectivity index (χ4n) is 9.68. The largest absolute Gasteiger partial charge is 0.380 e. The Labute approximate surface area is 530 Å². The zero-order valence-corrected chi connectivity index (χ0v) is 49.9. The SMILES string of the molecule is O=C(/C=C/c1ccc(CCc2cnc3ccccc3c2)cc1)NO.O=C(/C=C/c1ccc(CNc2cccc3ncccc23)cc1)NO.O=C(NO)c1ccc(CCc2cnc3ccccc3c2)cc1.O=C(NO)c1ccc(CNc2cccc3ncccc23)cc1. The molecule has 18 heteroatoms. The van der Waals surface area contributed by atoms with E-state index in [2.05, 4.69) is 54.8 Å². The molecule has 0 aliphatic rings. The fraction of sp³-hybridized carbons (Fsp3) is 0.0811. The molecular weight excluding hydrogens is 1160 g/mol. The van der Waals surface area contributed by atoms with Crippen LogP contribution in [-0.2, 0) is 48.4 Å². The summed E-state index contributed by atoms with van der Waals surface area (Å²) in [5, 5.41) is 45.4. The zero-order chi connectivity index (χ0) is 64.3. The maximum absolute atomic E-state index is 11.3. The Morgan fingerprint density at radius 1 is 0.348 bits per heavy atom. The molecule has 0 atom stereocenters. The van der Waals surface area contributed by atoms with Crippen LogP contribution >= 0.6 is 0 Å². The number of nitrogens with zero attached hydrogens (tertiary/aromatic N) is 4. The summed E-state index contributed by atoms with van der Waals surface area (Å²) in [4.78, 5) is 62.1. The number of hydrogen-bond acceptors (Lipinski definition) is 14. The van der Waals surface area contributed by atoms with Crippen molar-refractivity contribution in [2.75, 3.05) is 10.6 Å². The first-order valence-corrected chi connectivity index (χ1v) is 29.4. The van der Waals surface area contributed by atoms with Crippen LogP contribution in [-0.4, -0.2) is 64.4 Å². The number of hydroxylamine groups is 4. The second-order valence-corrected chi connectivity index (χ2v) is 20.9. The van der Waals surface area contributed by atoms with Crippen molar-refractivity contribution in [3.05, 3.63) is 311 Å². The van der Waals surface area contributed by atoms with Crippen LogP contribution in [0.5, 0.6) is 0 Å². The molecule has 460 valence electrons. The molecule has 0 unspecified atom stereocenters. The summed E-state index contributed by atoms with van der Waals surface area (Å²) in [7, 11) is 0. The van der Waals surface area contributed by atoms with E-state index in [0.717, 1.165) is 108 Å². The van der Waals surface area contributed by atoms with Gasteiger partial charge in [0.15, 0.2) is 0 Å². The van der Waals surface area contributed by atoms with Gasteiger partial charge < -0.3 is 10.6 Å². The Morgan fingerprint density at radius 3 is 1.13 bits per heavy atom. The second kappa shape index (κ2) is 33.5. The molecule has 0 saturated carbocycles. The summed E-state index contributed by atoms with van der Waals surface area (Å²) in [6.45, 7) is 1.32. The summed E-state index contributed by atoms with van der Waals surface area (Å²) >= 11 is 0. The van der Waals surface area contributed by atoms with E-state index in [1.165, 1.54) is 28.8 Å². The molecule has 8 aromatic carbocycles. The molecule has 0 fully saturated rings. The molecule has 4 aromatic heterocycles. The molecule has 12 rings (SSSR count). The number of fused-ring (bicyclic) bond motifs is 4. The van der Waals surface area contributed by atoms with Gasteiger partial charge in [0.2, 0.25) is 0 Å². The number of benzene rings is 8. The lowest BCUT2D eigenvalue weighted by Crippen LogP contribution is -2.18. The minimum absolute atomic E-state index is 0.417. The van der Waals surface area contributed by atoms with Gasteiger partial charge in [-0.2, -0.15) is 0 Å². The number of rotatable bonds is 18. The third-order valence-corrected chi connectivity index (χ3v) is 14.6. The highest BCUT2D eigenvalue weighted by molar-refractivity contribution is 5.95. The number of hydrogen-bond donors (Lipinski definition) is 10. The van der Waals surface area contributed by atoms with Gasteiger partial charge in [0.1, 0.15) is 0 Å². The molecule has 18 nitrogen and oxygen atoms in total. The zero-order valence-electron chi connectivity index (χ0n) is 49.9. The molecule has 10 N–H and O–H groups in total. The number of carbonyl (C=O) groups excluding carboxylic acids is 4. The smallest absolute Gasteiger partial charge is 0.274 e. The van der Waals surface area contributed by atoms with E-state index in [1.807, 2.05) is 182 Å². The molecular formula is C74H66N10O8. The molecule has 12 aromatic rings. The number of amides is 4. The normalized spacial score (nSPS) is 10.7. The molecule has 0 aliphatic heterocycles. The fourth-order valence-corrected chi connectivity index (χ4v) is 9.68. The Balaban J connectivity index is 0.000000145. The predicted molar refractivity (Wildman–Crippen MR) is 359 cm³/mol. The standard InChI is InChI=1S/C20H18N2O2.C19H17N3O2.C18H16N2O2.C17H15N3O2/c23-20(22-24)12-11-16-7-5-15(6-8-16)9-10-17-13-18-3-1-2-4-19(18)21-14-17;23-19(22-24)11-10-14-6-8-15(9-7-14)13-21-18-5-1-4-17-16(18)3-2-12-20-17;21-18(20-22)15-9-7-13(8-10-15)5-6-14-11-16-3-1-2-4-17(16)19-12-14;21-17(20-22)13-8-6-12(7-9-13)11-19-16-5-1-4-15-14(16)3-2-10-18-15/h1-8,11-14,24H,9-10H2,(H,22,23);1-12,21,24H,13H2,(H,22,23);1-4,7-12,22H,5-6H2,(H,20,21);1-10,19,22H,11H2,(H,20,21)/b12-11+;11-10+;;. The quantitative estimate of drug-likeness (QED) is 0.0217. The van der Waals surface area contributed by atoms with E-state index in [0.29, 0.717) is 24.2 Å². The summed E-state index contributed by atoms with van der Waals surface area (Å²) in [5.41, 5.74) is 22.0. The molecule has 92 heavy (non-hydrogen) atoms. The Morgan fingerprint density at radius 2 is 0.717 bits per heavy atom. The number of aromatic nitrogens is 4. The van der Waals surface area contributed by atoms with Gasteiger partial charge >= 0.3 is 0 Å². The van der Waals surface area contributed by atoms with E-state index < -0.39 is 23.6 Å². The van der Waals surface area contributed by atoms with Crippen molar-refractivity contribution in [3.8, 4) is 0 Å². The highest BCUT2D eigenvalue weighted by Crippen LogP contribution is 2.24. The Bertz CT molecular complexity index is 4470. The van der Waals surface area contributed by atoms with Gasteiger partial charge in [-0.05, 0) is 179 Å². The third-order valence-electron chi connectivity index (χ3n) is 14.6. The molecule has 0 radical (unpaired) electrons. The number of carbonyl (C=O) groups is 4. The molecule has 0 bridgehead atoms. The molecule has 0 aliphatic carbocycles. The van der Waals surface area contributed by atoms with Gasteiger partial charge in [0, 0.05) is 94.1 Å². The minimum Gasteiger partial charge on any atom is -0.380 e. The number of pyridine rings is 4. The first kappa shape index (κ1) is 64.7. The topological polar surface area (TPSA) is 273 Å². The van der Waals surface area contributed by atoms with Gasteiger partial charge in [0.25, 0.3) is 23.6 Å². The molecule has 0 spiro atoms. The van der Waals surface area contributed by atoms with Crippen molar-refractivity contribution in [1.82, 2.24) is 41.9 Å². The lowest BCUT2D eigenvalue weighted by molar-refractivity contribution is -0.124. The minimum atomic E-state index is -0.551. The van der Waals surface area contributed by atoms with Gasteiger partial charge in [-0.1, -0.05) is 121 Å². The van der Waals surface area contributed by atoms with E-state index >= 15 is 0 Å². The van der Waals surface area contributed by atoms with E-state index in [1.54, 1.807) is 70.7 Å². The maximum atomic E-state index is 11.3. The van der Waals surface area contributed by atoms with Crippen LogP contribution in [0, 0.1) is 0 Å². The Kier molecular flexibility index (Phi) is 23.6. The van der Waals surface area contributed by atoms with E-state index in [9.17, 15) is 19.2 Å². The van der Waals surface area contributed by atoms with Crippen molar-refractivity contribution < 1.29 is 40.0 Å². The lowest BCUT2D eigenvalue weighted by Gasteiger charge is -2.10. The average Bonchev–Trinajstić information content (AvgIpc) is 1.37. The van der Waals surface area contributed by atoms with Crippen LogP contribution in [0.4, 0.5) is 11.4 Å². The van der Waals surface area contributed by atoms with Crippen molar-refractivity contribution in [1.29, 1.82) is 0 Å². The van der Waals surface area contributed by atoms with Crippen LogP contribution in [0.3, 0.4) is 0 Å². The molecule has 0 saturated heterocycles. The average molecular weight is 1220 g/mol. The van der Waals surface area contributed by atoms with Crippen molar-refractivity contribution in [3.63, 3.8) is 0 Å². The van der Waals surface area contributed by atoms with Gasteiger partial charge in [-0.25, -0.2) is 21.9 Å². The highest BCUT2D eigenvalue weighted by Gasteiger charge is 2.08. The monoisotopic (exact) mass is 1220 g/mol. The Hall–Kier alpha value is -11.8.